The number of nitrogens with two attached hydrogens (primary N) is 1. The van der Waals surface area contributed by atoms with Gasteiger partial charge < -0.3 is 10.6 Å². The Morgan fingerprint density at radius 3 is 2.64 bits per heavy atom. The van der Waals surface area contributed by atoms with Gasteiger partial charge in [0.1, 0.15) is 0 Å². The van der Waals surface area contributed by atoms with Gasteiger partial charge in [0.2, 0.25) is 15.9 Å². The van der Waals surface area contributed by atoms with Crippen molar-refractivity contribution in [3.05, 3.63) is 35.9 Å². The Kier molecular flexibility index (Phi) is 6.80. The second-order valence-corrected chi connectivity index (χ2v) is 7.24. The van der Waals surface area contributed by atoms with Crippen LogP contribution in [0.25, 0.3) is 0 Å². The Bertz CT molecular complexity index is 595. The summed E-state index contributed by atoms with van der Waals surface area (Å²) in [4.78, 5) is 13.9. The molecule has 1 heterocycles. The Morgan fingerprint density at radius 1 is 1.41 bits per heavy atom. The molecule has 22 heavy (non-hydrogen) atoms. The molecule has 6 nitrogen and oxygen atoms in total. The topological polar surface area (TPSA) is 92.5 Å². The molecule has 0 saturated carbocycles. The number of benzene rings is 1. The lowest BCUT2D eigenvalue weighted by Crippen LogP contribution is -2.45. The summed E-state index contributed by atoms with van der Waals surface area (Å²) in [6.07, 6.45) is 2.23. The van der Waals surface area contributed by atoms with Crippen LogP contribution in [0.2, 0.25) is 0 Å². The van der Waals surface area contributed by atoms with Crippen molar-refractivity contribution in [3.63, 3.8) is 0 Å². The standard InChI is InChI=1S/C14H21N3O3S.ClH/c1-21(19,20)16-12-7-8-17(10-12)14(18)13(15)9-11-5-3-2-4-6-11;/h2-6,12-13,16H,7-10,15H2,1H3;1H. The average Bonchev–Trinajstić information content (AvgIpc) is 2.85. The first-order valence-electron chi connectivity index (χ1n) is 6.91. The van der Waals surface area contributed by atoms with E-state index in [1.54, 1.807) is 4.90 Å². The van der Waals surface area contributed by atoms with Crippen LogP contribution in [0, 0.1) is 0 Å². The van der Waals surface area contributed by atoms with Crippen LogP contribution in [0.4, 0.5) is 0 Å². The van der Waals surface area contributed by atoms with Crippen LogP contribution in [0.5, 0.6) is 0 Å². The molecule has 0 aliphatic carbocycles. The molecule has 0 spiro atoms. The Hall–Kier alpha value is -1.15. The van der Waals surface area contributed by atoms with Crippen molar-refractivity contribution in [2.24, 2.45) is 5.73 Å². The van der Waals surface area contributed by atoms with E-state index in [1.165, 1.54) is 0 Å². The number of nitrogens with one attached hydrogen (secondary N) is 1. The van der Waals surface area contributed by atoms with Crippen molar-refractivity contribution in [1.82, 2.24) is 9.62 Å². The molecule has 1 aromatic rings. The molecule has 1 saturated heterocycles. The lowest BCUT2D eigenvalue weighted by atomic mass is 10.1. The molecule has 1 fully saturated rings. The highest BCUT2D eigenvalue weighted by atomic mass is 35.5. The molecule has 0 aromatic heterocycles. The van der Waals surface area contributed by atoms with Gasteiger partial charge in [-0.25, -0.2) is 13.1 Å². The number of hydrogen-bond acceptors (Lipinski definition) is 4. The second-order valence-electron chi connectivity index (χ2n) is 5.46. The van der Waals surface area contributed by atoms with Gasteiger partial charge in [-0.1, -0.05) is 30.3 Å². The van der Waals surface area contributed by atoms with E-state index in [1.807, 2.05) is 30.3 Å². The summed E-state index contributed by atoms with van der Waals surface area (Å²) in [6, 6.07) is 8.80. The van der Waals surface area contributed by atoms with Crippen LogP contribution in [-0.2, 0) is 21.2 Å². The van der Waals surface area contributed by atoms with Crippen LogP contribution in [0.15, 0.2) is 30.3 Å². The van der Waals surface area contributed by atoms with E-state index in [0.29, 0.717) is 25.9 Å². The lowest BCUT2D eigenvalue weighted by molar-refractivity contribution is -0.131. The highest BCUT2D eigenvalue weighted by Crippen LogP contribution is 2.12. The molecule has 3 N–H and O–H groups in total. The smallest absolute Gasteiger partial charge is 0.239 e. The number of amides is 1. The van der Waals surface area contributed by atoms with E-state index >= 15 is 0 Å². The molecule has 1 aromatic carbocycles. The Morgan fingerprint density at radius 2 is 2.05 bits per heavy atom. The number of halogens is 1. The molecular formula is C14H22ClN3O3S. The molecule has 1 aliphatic rings. The third-order valence-electron chi connectivity index (χ3n) is 3.50. The van der Waals surface area contributed by atoms with Crippen LogP contribution < -0.4 is 10.5 Å². The van der Waals surface area contributed by atoms with Crippen molar-refractivity contribution in [3.8, 4) is 0 Å². The summed E-state index contributed by atoms with van der Waals surface area (Å²) in [7, 11) is -3.24. The maximum atomic E-state index is 12.3. The fourth-order valence-electron chi connectivity index (χ4n) is 2.55. The zero-order valence-electron chi connectivity index (χ0n) is 12.4. The van der Waals surface area contributed by atoms with E-state index in [-0.39, 0.29) is 24.4 Å². The van der Waals surface area contributed by atoms with Gasteiger partial charge >= 0.3 is 0 Å². The molecule has 8 heteroatoms. The maximum absolute atomic E-state index is 12.3. The summed E-state index contributed by atoms with van der Waals surface area (Å²) in [6.45, 7) is 0.920. The number of sulfonamides is 1. The van der Waals surface area contributed by atoms with Crippen LogP contribution in [0.1, 0.15) is 12.0 Å². The minimum Gasteiger partial charge on any atom is -0.340 e. The number of rotatable bonds is 5. The van der Waals surface area contributed by atoms with Crippen molar-refractivity contribution >= 4 is 28.3 Å². The monoisotopic (exact) mass is 347 g/mol. The number of likely N-dealkylation sites (tertiary alicyclic amines) is 1. The van der Waals surface area contributed by atoms with Gasteiger partial charge in [-0.05, 0) is 18.4 Å². The summed E-state index contributed by atoms with van der Waals surface area (Å²) in [5.41, 5.74) is 6.99. The summed E-state index contributed by atoms with van der Waals surface area (Å²) in [5, 5.41) is 0. The van der Waals surface area contributed by atoms with Gasteiger partial charge in [0, 0.05) is 19.1 Å². The van der Waals surface area contributed by atoms with E-state index in [9.17, 15) is 13.2 Å². The van der Waals surface area contributed by atoms with Crippen molar-refractivity contribution in [2.45, 2.75) is 24.9 Å². The minimum atomic E-state index is -3.24. The lowest BCUT2D eigenvalue weighted by Gasteiger charge is -2.21. The molecule has 2 atom stereocenters. The fourth-order valence-corrected chi connectivity index (χ4v) is 3.35. The van der Waals surface area contributed by atoms with Crippen LogP contribution in [-0.4, -0.2) is 50.7 Å². The normalized spacial score (nSPS) is 19.5. The highest BCUT2D eigenvalue weighted by molar-refractivity contribution is 7.88. The molecule has 0 radical (unpaired) electrons. The number of hydrogen-bond donors (Lipinski definition) is 2. The first-order valence-corrected chi connectivity index (χ1v) is 8.80. The van der Waals surface area contributed by atoms with Gasteiger partial charge in [-0.2, -0.15) is 0 Å². The van der Waals surface area contributed by atoms with E-state index < -0.39 is 16.1 Å². The number of carbonyl (C=O) groups excluding carboxylic acids is 1. The summed E-state index contributed by atoms with van der Waals surface area (Å²) >= 11 is 0. The van der Waals surface area contributed by atoms with Crippen LogP contribution >= 0.6 is 12.4 Å². The average molecular weight is 348 g/mol. The molecule has 2 rings (SSSR count). The minimum absolute atomic E-state index is 0. The third kappa shape index (κ3) is 5.57. The molecular weight excluding hydrogens is 326 g/mol. The van der Waals surface area contributed by atoms with Crippen molar-refractivity contribution in [2.75, 3.05) is 19.3 Å². The quantitative estimate of drug-likeness (QED) is 0.791. The predicted molar refractivity (Wildman–Crippen MR) is 88.3 cm³/mol. The second kappa shape index (κ2) is 7.92. The zero-order chi connectivity index (χ0) is 15.5. The number of carbonyl (C=O) groups is 1. The van der Waals surface area contributed by atoms with Gasteiger partial charge in [0.05, 0.1) is 12.3 Å². The fraction of sp³-hybridized carbons (Fsp3) is 0.500. The van der Waals surface area contributed by atoms with Gasteiger partial charge in [0.15, 0.2) is 0 Å². The number of nitrogens with zero attached hydrogens (tertiary/aromatic N) is 1. The molecule has 2 unspecified atom stereocenters. The largest absolute Gasteiger partial charge is 0.340 e. The van der Waals surface area contributed by atoms with E-state index in [0.717, 1.165) is 11.8 Å². The van der Waals surface area contributed by atoms with Crippen molar-refractivity contribution in [1.29, 1.82) is 0 Å². The SMILES string of the molecule is CS(=O)(=O)NC1CCN(C(=O)C(N)Cc2ccccc2)C1.Cl. The molecule has 1 aliphatic heterocycles. The first-order chi connectivity index (χ1) is 9.85. The van der Waals surface area contributed by atoms with Crippen molar-refractivity contribution < 1.29 is 13.2 Å². The Labute approximate surface area is 137 Å². The molecule has 124 valence electrons. The Balaban J connectivity index is 0.00000242. The van der Waals surface area contributed by atoms with Gasteiger partial charge in [-0.15, -0.1) is 12.4 Å². The van der Waals surface area contributed by atoms with E-state index in [2.05, 4.69) is 4.72 Å². The van der Waals surface area contributed by atoms with Gasteiger partial charge in [-0.3, -0.25) is 4.79 Å². The molecule has 1 amide bonds. The highest BCUT2D eigenvalue weighted by Gasteiger charge is 2.30. The predicted octanol–water partition coefficient (Wildman–Crippen LogP) is 0.128. The zero-order valence-corrected chi connectivity index (χ0v) is 14.1. The van der Waals surface area contributed by atoms with Crippen LogP contribution in [0.3, 0.4) is 0 Å². The van der Waals surface area contributed by atoms with E-state index in [4.69, 9.17) is 5.73 Å². The van der Waals surface area contributed by atoms with Gasteiger partial charge in [0.25, 0.3) is 0 Å². The molecule has 0 bridgehead atoms. The first kappa shape index (κ1) is 18.9. The summed E-state index contributed by atoms with van der Waals surface area (Å²) in [5.74, 6) is -0.128. The summed E-state index contributed by atoms with van der Waals surface area (Å²) < 4.78 is 24.9. The third-order valence-corrected chi connectivity index (χ3v) is 4.26. The maximum Gasteiger partial charge on any atom is 0.239 e.